The van der Waals surface area contributed by atoms with Crippen LogP contribution in [0.2, 0.25) is 0 Å². The van der Waals surface area contributed by atoms with Crippen LogP contribution in [0.25, 0.3) is 21.1 Å². The van der Waals surface area contributed by atoms with E-state index < -0.39 is 0 Å². The van der Waals surface area contributed by atoms with Gasteiger partial charge in [0.05, 0.1) is 17.9 Å². The highest BCUT2D eigenvalue weighted by molar-refractivity contribution is 7.17. The first kappa shape index (κ1) is 19.4. The maximum absolute atomic E-state index is 13.1. The molecule has 4 aromatic rings. The number of benzene rings is 2. The van der Waals surface area contributed by atoms with E-state index in [4.69, 9.17) is 0 Å². The molecule has 4 rings (SSSR count). The van der Waals surface area contributed by atoms with E-state index in [1.807, 2.05) is 23.6 Å². The van der Waals surface area contributed by atoms with E-state index >= 15 is 0 Å². The van der Waals surface area contributed by atoms with Crippen LogP contribution in [-0.4, -0.2) is 15.9 Å². The number of aromatic nitrogens is 2. The predicted octanol–water partition coefficient (Wildman–Crippen LogP) is 5.62. The van der Waals surface area contributed by atoms with Gasteiger partial charge in [0.25, 0.3) is 5.91 Å². The van der Waals surface area contributed by atoms with E-state index in [-0.39, 0.29) is 11.7 Å². The summed E-state index contributed by atoms with van der Waals surface area (Å²) in [5.74, 6) is -0.480. The molecule has 0 unspecified atom stereocenters. The molecule has 7 heteroatoms. The van der Waals surface area contributed by atoms with Crippen molar-refractivity contribution in [2.45, 2.75) is 20.4 Å². The van der Waals surface area contributed by atoms with Gasteiger partial charge in [-0.15, -0.1) is 22.7 Å². The number of nitrogens with zero attached hydrogens (tertiary/aromatic N) is 2. The summed E-state index contributed by atoms with van der Waals surface area (Å²) >= 11 is 2.87. The highest BCUT2D eigenvalue weighted by atomic mass is 32.1. The van der Waals surface area contributed by atoms with Gasteiger partial charge in [-0.2, -0.15) is 0 Å². The third-order valence-electron chi connectivity index (χ3n) is 4.45. The van der Waals surface area contributed by atoms with E-state index in [1.54, 1.807) is 30.4 Å². The summed E-state index contributed by atoms with van der Waals surface area (Å²) in [5, 5.41) is 6.53. The lowest BCUT2D eigenvalue weighted by molar-refractivity contribution is 0.0953. The van der Waals surface area contributed by atoms with Gasteiger partial charge in [-0.1, -0.05) is 24.3 Å². The van der Waals surface area contributed by atoms with Crippen molar-refractivity contribution in [3.05, 3.63) is 81.6 Å². The number of carbonyl (C=O) groups excluding carboxylic acids is 1. The summed E-state index contributed by atoms with van der Waals surface area (Å²) in [7, 11) is 0. The van der Waals surface area contributed by atoms with Crippen LogP contribution in [-0.2, 0) is 6.54 Å². The minimum absolute atomic E-state index is 0.182. The summed E-state index contributed by atoms with van der Waals surface area (Å²) in [6, 6.07) is 14.2. The minimum atomic E-state index is -0.298. The molecule has 2 aromatic heterocycles. The Kier molecular flexibility index (Phi) is 5.51. The number of aryl methyl sites for hydroxylation is 2. The Morgan fingerprint density at radius 1 is 1.03 bits per heavy atom. The van der Waals surface area contributed by atoms with Crippen molar-refractivity contribution >= 4 is 28.6 Å². The molecule has 0 atom stereocenters. The van der Waals surface area contributed by atoms with Crippen molar-refractivity contribution in [3.8, 4) is 21.1 Å². The number of carbonyl (C=O) groups is 1. The second-order valence-electron chi connectivity index (χ2n) is 6.58. The summed E-state index contributed by atoms with van der Waals surface area (Å²) in [4.78, 5) is 22.3. The molecule has 0 aliphatic heterocycles. The fourth-order valence-corrected chi connectivity index (χ4v) is 4.80. The van der Waals surface area contributed by atoms with Crippen LogP contribution in [0.3, 0.4) is 0 Å². The van der Waals surface area contributed by atoms with Gasteiger partial charge in [0.1, 0.15) is 20.7 Å². The van der Waals surface area contributed by atoms with Gasteiger partial charge >= 0.3 is 0 Å². The highest BCUT2D eigenvalue weighted by Crippen LogP contribution is 2.29. The lowest BCUT2D eigenvalue weighted by Crippen LogP contribution is -2.22. The van der Waals surface area contributed by atoms with Crippen LogP contribution >= 0.6 is 22.7 Å². The summed E-state index contributed by atoms with van der Waals surface area (Å²) in [5.41, 5.74) is 4.55. The van der Waals surface area contributed by atoms with Gasteiger partial charge in [-0.05, 0) is 43.7 Å². The maximum atomic E-state index is 13.1. The van der Waals surface area contributed by atoms with Crippen molar-refractivity contribution in [1.82, 2.24) is 15.3 Å². The number of rotatable bonds is 5. The zero-order chi connectivity index (χ0) is 20.4. The second kappa shape index (κ2) is 8.23. The predicted molar refractivity (Wildman–Crippen MR) is 116 cm³/mol. The van der Waals surface area contributed by atoms with E-state index in [0.717, 1.165) is 21.8 Å². The van der Waals surface area contributed by atoms with E-state index in [2.05, 4.69) is 28.3 Å². The van der Waals surface area contributed by atoms with Gasteiger partial charge in [-0.3, -0.25) is 4.79 Å². The van der Waals surface area contributed by atoms with Crippen LogP contribution < -0.4 is 5.32 Å². The summed E-state index contributed by atoms with van der Waals surface area (Å²) in [6.45, 7) is 4.21. The van der Waals surface area contributed by atoms with Crippen LogP contribution in [0.4, 0.5) is 4.39 Å². The van der Waals surface area contributed by atoms with Gasteiger partial charge < -0.3 is 5.32 Å². The first-order valence-electron chi connectivity index (χ1n) is 9.03. The molecule has 2 heterocycles. The molecule has 0 bridgehead atoms. The lowest BCUT2D eigenvalue weighted by Gasteiger charge is -2.02. The zero-order valence-corrected chi connectivity index (χ0v) is 17.5. The molecule has 0 aliphatic carbocycles. The third-order valence-corrected chi connectivity index (χ3v) is 6.58. The van der Waals surface area contributed by atoms with Gasteiger partial charge in [0.15, 0.2) is 0 Å². The minimum Gasteiger partial charge on any atom is -0.346 e. The van der Waals surface area contributed by atoms with Crippen molar-refractivity contribution < 1.29 is 9.18 Å². The molecule has 0 saturated heterocycles. The molecule has 0 spiro atoms. The standard InChI is InChI=1S/C22H18FN3OS2/c1-13-5-3-4-6-18(13)22-26-17(12-28-22)11-24-20(27)19-14(2)25-21(29-19)15-7-9-16(23)10-8-15/h3-10,12H,11H2,1-2H3,(H,24,27). The number of nitrogens with one attached hydrogen (secondary N) is 1. The smallest absolute Gasteiger partial charge is 0.263 e. The van der Waals surface area contributed by atoms with Crippen molar-refractivity contribution in [3.63, 3.8) is 0 Å². The SMILES string of the molecule is Cc1ccccc1-c1nc(CNC(=O)c2sc(-c3ccc(F)cc3)nc2C)cs1. The van der Waals surface area contributed by atoms with Crippen LogP contribution in [0.5, 0.6) is 0 Å². The van der Waals surface area contributed by atoms with Gasteiger partial charge in [0, 0.05) is 16.5 Å². The normalized spacial score (nSPS) is 10.9. The lowest BCUT2D eigenvalue weighted by atomic mass is 10.1. The Balaban J connectivity index is 1.45. The molecule has 1 amide bonds. The van der Waals surface area contributed by atoms with Crippen molar-refractivity contribution in [1.29, 1.82) is 0 Å². The van der Waals surface area contributed by atoms with Gasteiger partial charge in [-0.25, -0.2) is 14.4 Å². The Bertz CT molecular complexity index is 1170. The van der Waals surface area contributed by atoms with Crippen LogP contribution in [0, 0.1) is 19.7 Å². The number of hydrogen-bond donors (Lipinski definition) is 1. The number of thiazole rings is 2. The molecule has 146 valence electrons. The fraction of sp³-hybridized carbons (Fsp3) is 0.136. The molecule has 29 heavy (non-hydrogen) atoms. The average molecular weight is 424 g/mol. The van der Waals surface area contributed by atoms with Crippen LogP contribution in [0.1, 0.15) is 26.6 Å². The summed E-state index contributed by atoms with van der Waals surface area (Å²) in [6.07, 6.45) is 0. The van der Waals surface area contributed by atoms with E-state index in [0.29, 0.717) is 22.1 Å². The summed E-state index contributed by atoms with van der Waals surface area (Å²) < 4.78 is 13.1. The van der Waals surface area contributed by atoms with E-state index in [1.165, 1.54) is 29.0 Å². The van der Waals surface area contributed by atoms with Gasteiger partial charge in [0.2, 0.25) is 0 Å². The second-order valence-corrected chi connectivity index (χ2v) is 8.44. The Labute approximate surface area is 176 Å². The largest absolute Gasteiger partial charge is 0.346 e. The highest BCUT2D eigenvalue weighted by Gasteiger charge is 2.17. The monoisotopic (exact) mass is 423 g/mol. The zero-order valence-electron chi connectivity index (χ0n) is 15.9. The average Bonchev–Trinajstić information content (AvgIpc) is 3.34. The molecule has 0 fully saturated rings. The maximum Gasteiger partial charge on any atom is 0.263 e. The third kappa shape index (κ3) is 4.26. The molecular formula is C22H18FN3OS2. The number of hydrogen-bond acceptors (Lipinski definition) is 5. The Morgan fingerprint density at radius 2 is 1.79 bits per heavy atom. The number of amides is 1. The molecule has 2 aromatic carbocycles. The van der Waals surface area contributed by atoms with Crippen molar-refractivity contribution in [2.75, 3.05) is 0 Å². The molecular weight excluding hydrogens is 405 g/mol. The van der Waals surface area contributed by atoms with Crippen molar-refractivity contribution in [2.24, 2.45) is 0 Å². The van der Waals surface area contributed by atoms with E-state index in [9.17, 15) is 9.18 Å². The first-order valence-corrected chi connectivity index (χ1v) is 10.7. The molecule has 4 nitrogen and oxygen atoms in total. The topological polar surface area (TPSA) is 54.9 Å². The molecule has 1 N–H and O–H groups in total. The quantitative estimate of drug-likeness (QED) is 0.453. The Hall–Kier alpha value is -2.90. The fourth-order valence-electron chi connectivity index (χ4n) is 2.90. The number of halogens is 1. The molecule has 0 radical (unpaired) electrons. The molecule has 0 aliphatic rings. The Morgan fingerprint density at radius 3 is 2.55 bits per heavy atom. The first-order chi connectivity index (χ1) is 14.0. The van der Waals surface area contributed by atoms with Crippen LogP contribution in [0.15, 0.2) is 53.9 Å². The molecule has 0 saturated carbocycles.